The van der Waals surface area contributed by atoms with Crippen molar-refractivity contribution >= 4 is 11.7 Å². The number of rotatable bonds is 4. The van der Waals surface area contributed by atoms with Crippen molar-refractivity contribution in [1.29, 1.82) is 0 Å². The highest BCUT2D eigenvalue weighted by molar-refractivity contribution is 5.73. The first-order valence-electron chi connectivity index (χ1n) is 4.36. The third-order valence-electron chi connectivity index (χ3n) is 2.01. The van der Waals surface area contributed by atoms with Gasteiger partial charge in [-0.2, -0.15) is 0 Å². The summed E-state index contributed by atoms with van der Waals surface area (Å²) in [7, 11) is 2.50. The molecule has 0 aliphatic carbocycles. The summed E-state index contributed by atoms with van der Waals surface area (Å²) in [5.41, 5.74) is -0.293. The van der Waals surface area contributed by atoms with Crippen LogP contribution in [0.5, 0.6) is 5.88 Å². The minimum atomic E-state index is -0.743. The maximum Gasteiger partial charge on any atom is 0.350 e. The van der Waals surface area contributed by atoms with Gasteiger partial charge < -0.3 is 9.47 Å². The van der Waals surface area contributed by atoms with Crippen molar-refractivity contribution in [1.82, 2.24) is 9.78 Å². The van der Waals surface area contributed by atoms with Crippen LogP contribution in [0.1, 0.15) is 13.0 Å². The van der Waals surface area contributed by atoms with Crippen molar-refractivity contribution in [2.75, 3.05) is 14.2 Å². The maximum absolute atomic E-state index is 11.2. The quantitative estimate of drug-likeness (QED) is 0.424. The third kappa shape index (κ3) is 2.10. The topological polar surface area (TPSA) is 96.5 Å². The van der Waals surface area contributed by atoms with Crippen LogP contribution in [0.3, 0.4) is 0 Å². The zero-order chi connectivity index (χ0) is 12.3. The van der Waals surface area contributed by atoms with Crippen LogP contribution < -0.4 is 4.74 Å². The zero-order valence-electron chi connectivity index (χ0n) is 9.04. The molecule has 1 aromatic heterocycles. The summed E-state index contributed by atoms with van der Waals surface area (Å²) in [4.78, 5) is 21.2. The number of esters is 1. The van der Waals surface area contributed by atoms with Crippen LogP contribution >= 0.6 is 0 Å². The summed E-state index contributed by atoms with van der Waals surface area (Å²) in [5.74, 6) is -0.680. The molecule has 0 amide bonds. The smallest absolute Gasteiger partial charge is 0.350 e. The minimum absolute atomic E-state index is 0.138. The van der Waals surface area contributed by atoms with Crippen molar-refractivity contribution < 1.29 is 19.2 Å². The Morgan fingerprint density at radius 2 is 2.25 bits per heavy atom. The largest absolute Gasteiger partial charge is 0.475 e. The predicted octanol–water partition coefficient (Wildman–Crippen LogP) is 0.534. The summed E-state index contributed by atoms with van der Waals surface area (Å²) in [6.07, 6.45) is 1.13. The fraction of sp³-hybridized carbons (Fsp3) is 0.500. The number of aromatic nitrogens is 2. The van der Waals surface area contributed by atoms with Crippen molar-refractivity contribution in [2.24, 2.45) is 0 Å². The number of ether oxygens (including phenoxy) is 2. The lowest BCUT2D eigenvalue weighted by atomic mass is 10.3. The molecular weight excluding hydrogens is 218 g/mol. The summed E-state index contributed by atoms with van der Waals surface area (Å²) in [5, 5.41) is 14.4. The maximum atomic E-state index is 11.2. The summed E-state index contributed by atoms with van der Waals surface area (Å²) >= 11 is 0. The SMILES string of the molecule is COC(=O)[C@H](C)n1cc([N+](=O)[O-])c(OC)n1. The molecule has 0 saturated carbocycles. The molecule has 1 aromatic rings. The number of methoxy groups -OCH3 is 2. The highest BCUT2D eigenvalue weighted by Gasteiger charge is 2.25. The molecule has 0 fully saturated rings. The van der Waals surface area contributed by atoms with Gasteiger partial charge in [0, 0.05) is 0 Å². The predicted molar refractivity (Wildman–Crippen MR) is 52.2 cm³/mol. The van der Waals surface area contributed by atoms with Gasteiger partial charge in [-0.3, -0.25) is 10.1 Å². The van der Waals surface area contributed by atoms with Crippen molar-refractivity contribution in [2.45, 2.75) is 13.0 Å². The van der Waals surface area contributed by atoms with E-state index in [0.29, 0.717) is 0 Å². The highest BCUT2D eigenvalue weighted by Crippen LogP contribution is 2.26. The Hall–Kier alpha value is -2.12. The monoisotopic (exact) mass is 229 g/mol. The molecule has 0 spiro atoms. The molecule has 0 N–H and O–H groups in total. The van der Waals surface area contributed by atoms with E-state index in [2.05, 4.69) is 9.84 Å². The van der Waals surface area contributed by atoms with Crippen LogP contribution in [-0.2, 0) is 9.53 Å². The Morgan fingerprint density at radius 3 is 2.62 bits per heavy atom. The first-order chi connectivity index (χ1) is 7.51. The van der Waals surface area contributed by atoms with E-state index in [1.807, 2.05) is 0 Å². The number of carbonyl (C=O) groups excluding carboxylic acids is 1. The van der Waals surface area contributed by atoms with E-state index in [4.69, 9.17) is 4.74 Å². The molecule has 0 saturated heterocycles. The van der Waals surface area contributed by atoms with E-state index in [1.165, 1.54) is 21.1 Å². The highest BCUT2D eigenvalue weighted by atomic mass is 16.6. The lowest BCUT2D eigenvalue weighted by Gasteiger charge is -2.07. The lowest BCUT2D eigenvalue weighted by molar-refractivity contribution is -0.385. The van der Waals surface area contributed by atoms with Crippen molar-refractivity contribution in [3.8, 4) is 5.88 Å². The Morgan fingerprint density at radius 1 is 1.62 bits per heavy atom. The standard InChI is InChI=1S/C8H11N3O5/c1-5(8(12)16-3)10-4-6(11(13)14)7(9-10)15-2/h4-5H,1-3H3/t5-/m0/s1. The minimum Gasteiger partial charge on any atom is -0.475 e. The zero-order valence-corrected chi connectivity index (χ0v) is 9.04. The van der Waals surface area contributed by atoms with E-state index < -0.39 is 16.9 Å². The van der Waals surface area contributed by atoms with Crippen LogP contribution in [0.2, 0.25) is 0 Å². The second-order valence-corrected chi connectivity index (χ2v) is 2.96. The van der Waals surface area contributed by atoms with E-state index in [-0.39, 0.29) is 11.6 Å². The van der Waals surface area contributed by atoms with E-state index in [0.717, 1.165) is 10.9 Å². The van der Waals surface area contributed by atoms with Crippen molar-refractivity contribution in [3.63, 3.8) is 0 Å². The fourth-order valence-corrected chi connectivity index (χ4v) is 1.11. The molecule has 0 aliphatic rings. The Bertz CT molecular complexity index is 414. The Kier molecular flexibility index (Phi) is 3.44. The first-order valence-corrected chi connectivity index (χ1v) is 4.36. The number of carbonyl (C=O) groups is 1. The fourth-order valence-electron chi connectivity index (χ4n) is 1.11. The van der Waals surface area contributed by atoms with Gasteiger partial charge in [0.25, 0.3) is 0 Å². The first kappa shape index (κ1) is 12.0. The summed E-state index contributed by atoms with van der Waals surface area (Å²) < 4.78 is 10.4. The van der Waals surface area contributed by atoms with Crippen molar-refractivity contribution in [3.05, 3.63) is 16.3 Å². The average Bonchev–Trinajstić information content (AvgIpc) is 2.70. The molecule has 16 heavy (non-hydrogen) atoms. The molecule has 0 aliphatic heterocycles. The molecule has 0 aromatic carbocycles. The van der Waals surface area contributed by atoms with Crippen LogP contribution in [0.4, 0.5) is 5.69 Å². The van der Waals surface area contributed by atoms with Gasteiger partial charge in [0.1, 0.15) is 12.2 Å². The number of hydrogen-bond acceptors (Lipinski definition) is 6. The van der Waals surface area contributed by atoms with Crippen LogP contribution in [0.25, 0.3) is 0 Å². The van der Waals surface area contributed by atoms with Crippen LogP contribution in [-0.4, -0.2) is 34.9 Å². The number of nitro groups is 1. The van der Waals surface area contributed by atoms with Gasteiger partial charge in [-0.05, 0) is 6.92 Å². The second kappa shape index (κ2) is 4.60. The summed E-state index contributed by atoms with van der Waals surface area (Å²) in [6.45, 7) is 1.52. The Labute approximate surface area is 90.9 Å². The Balaban J connectivity index is 3.07. The second-order valence-electron chi connectivity index (χ2n) is 2.96. The number of hydrogen-bond donors (Lipinski definition) is 0. The number of nitrogens with zero attached hydrogens (tertiary/aromatic N) is 3. The van der Waals surface area contributed by atoms with Gasteiger partial charge >= 0.3 is 17.5 Å². The molecular formula is C8H11N3O5. The van der Waals surface area contributed by atoms with Crippen LogP contribution in [0.15, 0.2) is 6.20 Å². The average molecular weight is 229 g/mol. The van der Waals surface area contributed by atoms with Gasteiger partial charge in [-0.15, -0.1) is 5.10 Å². The molecule has 1 atom stereocenters. The molecule has 0 unspecified atom stereocenters. The van der Waals surface area contributed by atoms with Gasteiger partial charge in [0.05, 0.1) is 19.1 Å². The van der Waals surface area contributed by atoms with Crippen LogP contribution in [0, 0.1) is 10.1 Å². The normalized spacial score (nSPS) is 11.9. The molecule has 0 bridgehead atoms. The molecule has 0 radical (unpaired) electrons. The molecule has 88 valence electrons. The third-order valence-corrected chi connectivity index (χ3v) is 2.01. The molecule has 8 nitrogen and oxygen atoms in total. The molecule has 1 heterocycles. The van der Waals surface area contributed by atoms with Gasteiger partial charge in [0.2, 0.25) is 0 Å². The van der Waals surface area contributed by atoms with Gasteiger partial charge in [-0.1, -0.05) is 0 Å². The van der Waals surface area contributed by atoms with E-state index in [1.54, 1.807) is 0 Å². The van der Waals surface area contributed by atoms with Gasteiger partial charge in [0.15, 0.2) is 0 Å². The van der Waals surface area contributed by atoms with E-state index >= 15 is 0 Å². The van der Waals surface area contributed by atoms with Gasteiger partial charge in [-0.25, -0.2) is 9.48 Å². The van der Waals surface area contributed by atoms with E-state index in [9.17, 15) is 14.9 Å². The molecule has 8 heteroatoms. The lowest BCUT2D eigenvalue weighted by Crippen LogP contribution is -2.18. The summed E-state index contributed by atoms with van der Waals surface area (Å²) in [6, 6.07) is -0.743. The molecule has 1 rings (SSSR count).